The average Bonchev–Trinajstić information content (AvgIpc) is 2.32. The molecule has 100 valence electrons. The van der Waals surface area contributed by atoms with E-state index < -0.39 is 5.82 Å². The van der Waals surface area contributed by atoms with Crippen LogP contribution in [0.25, 0.3) is 0 Å². The van der Waals surface area contributed by atoms with Gasteiger partial charge in [0.2, 0.25) is 0 Å². The topological polar surface area (TPSA) is 32.3 Å². The molecule has 0 spiro atoms. The molecule has 1 atom stereocenters. The highest BCUT2D eigenvalue weighted by Crippen LogP contribution is 2.28. The van der Waals surface area contributed by atoms with Crippen LogP contribution in [0.15, 0.2) is 36.4 Å². The highest BCUT2D eigenvalue weighted by Gasteiger charge is 2.12. The fourth-order valence-electron chi connectivity index (χ4n) is 1.93. The highest BCUT2D eigenvalue weighted by atomic mass is 19.1. The molecule has 2 nitrogen and oxygen atoms in total. The van der Waals surface area contributed by atoms with E-state index in [1.807, 2.05) is 6.92 Å². The van der Waals surface area contributed by atoms with Gasteiger partial charge in [0, 0.05) is 11.6 Å². The number of aromatic hydroxyl groups is 1. The number of phenols is 1. The SMILES string of the molecule is Cc1ccc(NC(C)c2ccc(F)cc2O)c(F)c1. The lowest BCUT2D eigenvalue weighted by molar-refractivity contribution is 0.459. The maximum absolute atomic E-state index is 13.7. The Kier molecular flexibility index (Phi) is 3.69. The number of aryl methyl sites for hydroxylation is 1. The fourth-order valence-corrected chi connectivity index (χ4v) is 1.93. The van der Waals surface area contributed by atoms with Crippen LogP contribution < -0.4 is 5.32 Å². The number of rotatable bonds is 3. The van der Waals surface area contributed by atoms with E-state index in [-0.39, 0.29) is 17.6 Å². The van der Waals surface area contributed by atoms with Gasteiger partial charge in [-0.15, -0.1) is 0 Å². The van der Waals surface area contributed by atoms with Crippen LogP contribution in [0.4, 0.5) is 14.5 Å². The van der Waals surface area contributed by atoms with Crippen molar-refractivity contribution in [1.29, 1.82) is 0 Å². The van der Waals surface area contributed by atoms with E-state index in [4.69, 9.17) is 0 Å². The van der Waals surface area contributed by atoms with Crippen molar-refractivity contribution in [2.75, 3.05) is 5.32 Å². The molecular formula is C15H15F2NO. The number of benzene rings is 2. The predicted molar refractivity (Wildman–Crippen MR) is 71.2 cm³/mol. The zero-order valence-corrected chi connectivity index (χ0v) is 10.7. The molecule has 0 aliphatic rings. The van der Waals surface area contributed by atoms with Crippen LogP contribution in [-0.4, -0.2) is 5.11 Å². The van der Waals surface area contributed by atoms with Gasteiger partial charge in [0.05, 0.1) is 11.7 Å². The third-order valence-electron chi connectivity index (χ3n) is 2.96. The number of phenolic OH excluding ortho intramolecular Hbond substituents is 1. The number of nitrogens with one attached hydrogen (secondary N) is 1. The third-order valence-corrected chi connectivity index (χ3v) is 2.96. The lowest BCUT2D eigenvalue weighted by Crippen LogP contribution is -2.08. The lowest BCUT2D eigenvalue weighted by atomic mass is 10.1. The Morgan fingerprint density at radius 3 is 2.47 bits per heavy atom. The van der Waals surface area contributed by atoms with E-state index in [9.17, 15) is 13.9 Å². The minimum atomic E-state index is -0.505. The monoisotopic (exact) mass is 263 g/mol. The summed E-state index contributed by atoms with van der Waals surface area (Å²) in [5, 5.41) is 12.6. The van der Waals surface area contributed by atoms with E-state index in [1.165, 1.54) is 18.2 Å². The van der Waals surface area contributed by atoms with Crippen LogP contribution in [0.2, 0.25) is 0 Å². The first-order valence-corrected chi connectivity index (χ1v) is 5.98. The maximum atomic E-state index is 13.7. The molecule has 1 unspecified atom stereocenters. The van der Waals surface area contributed by atoms with Crippen molar-refractivity contribution in [3.8, 4) is 5.75 Å². The molecule has 0 aromatic heterocycles. The number of hydrogen-bond donors (Lipinski definition) is 2. The van der Waals surface area contributed by atoms with Crippen molar-refractivity contribution >= 4 is 5.69 Å². The first-order chi connectivity index (χ1) is 8.97. The second kappa shape index (κ2) is 5.26. The summed E-state index contributed by atoms with van der Waals surface area (Å²) in [6, 6.07) is 8.31. The molecule has 2 aromatic carbocycles. The van der Waals surface area contributed by atoms with E-state index in [1.54, 1.807) is 19.1 Å². The van der Waals surface area contributed by atoms with Gasteiger partial charge in [-0.3, -0.25) is 0 Å². The molecule has 0 bridgehead atoms. The van der Waals surface area contributed by atoms with Gasteiger partial charge in [-0.2, -0.15) is 0 Å². The summed E-state index contributed by atoms with van der Waals surface area (Å²) in [7, 11) is 0. The molecule has 2 rings (SSSR count). The van der Waals surface area contributed by atoms with E-state index in [0.29, 0.717) is 11.3 Å². The van der Waals surface area contributed by atoms with Crippen molar-refractivity contribution in [3.63, 3.8) is 0 Å². The smallest absolute Gasteiger partial charge is 0.146 e. The van der Waals surface area contributed by atoms with Crippen molar-refractivity contribution in [2.45, 2.75) is 19.9 Å². The Bertz CT molecular complexity index is 599. The molecule has 0 amide bonds. The second-order valence-corrected chi connectivity index (χ2v) is 4.55. The van der Waals surface area contributed by atoms with Gasteiger partial charge in [-0.25, -0.2) is 8.78 Å². The summed E-state index contributed by atoms with van der Waals surface area (Å²) >= 11 is 0. The Morgan fingerprint density at radius 1 is 1.11 bits per heavy atom. The quantitative estimate of drug-likeness (QED) is 0.871. The summed E-state index contributed by atoms with van der Waals surface area (Å²) in [5.41, 5.74) is 1.70. The molecule has 0 radical (unpaired) electrons. The Morgan fingerprint density at radius 2 is 1.84 bits per heavy atom. The van der Waals surface area contributed by atoms with Gasteiger partial charge in [0.1, 0.15) is 17.4 Å². The van der Waals surface area contributed by atoms with Crippen LogP contribution in [-0.2, 0) is 0 Å². The number of halogens is 2. The van der Waals surface area contributed by atoms with Crippen LogP contribution >= 0.6 is 0 Å². The summed E-state index contributed by atoms with van der Waals surface area (Å²) < 4.78 is 26.6. The Labute approximate surface area is 110 Å². The van der Waals surface area contributed by atoms with Gasteiger partial charge in [0.25, 0.3) is 0 Å². The standard InChI is InChI=1S/C15H15F2NO/c1-9-3-6-14(13(17)7-9)18-10(2)12-5-4-11(16)8-15(12)19/h3-8,10,18-19H,1-2H3. The number of hydrogen-bond acceptors (Lipinski definition) is 2. The van der Waals surface area contributed by atoms with Gasteiger partial charge in [-0.1, -0.05) is 12.1 Å². The summed E-state index contributed by atoms with van der Waals surface area (Å²) in [6.07, 6.45) is 0. The normalized spacial score (nSPS) is 12.2. The largest absolute Gasteiger partial charge is 0.507 e. The van der Waals surface area contributed by atoms with Gasteiger partial charge in [-0.05, 0) is 37.6 Å². The Hall–Kier alpha value is -2.10. The number of anilines is 1. The van der Waals surface area contributed by atoms with Gasteiger partial charge in [0.15, 0.2) is 0 Å². The van der Waals surface area contributed by atoms with Gasteiger partial charge >= 0.3 is 0 Å². The molecule has 4 heteroatoms. The summed E-state index contributed by atoms with van der Waals surface area (Å²) in [4.78, 5) is 0. The predicted octanol–water partition coefficient (Wildman–Crippen LogP) is 4.15. The average molecular weight is 263 g/mol. The summed E-state index contributed by atoms with van der Waals surface area (Å²) in [6.45, 7) is 3.58. The van der Waals surface area contributed by atoms with Crippen LogP contribution in [0.3, 0.4) is 0 Å². The van der Waals surface area contributed by atoms with E-state index >= 15 is 0 Å². The van der Waals surface area contributed by atoms with Crippen molar-refractivity contribution < 1.29 is 13.9 Å². The molecular weight excluding hydrogens is 248 g/mol. The molecule has 2 aromatic rings. The zero-order chi connectivity index (χ0) is 14.0. The molecule has 2 N–H and O–H groups in total. The molecule has 0 fully saturated rings. The Balaban J connectivity index is 2.23. The molecule has 0 saturated heterocycles. The van der Waals surface area contributed by atoms with Crippen molar-refractivity contribution in [1.82, 2.24) is 0 Å². The van der Waals surface area contributed by atoms with Gasteiger partial charge < -0.3 is 10.4 Å². The molecule has 0 heterocycles. The molecule has 19 heavy (non-hydrogen) atoms. The summed E-state index contributed by atoms with van der Waals surface area (Å²) in [5.74, 6) is -1.00. The first-order valence-electron chi connectivity index (χ1n) is 5.98. The molecule has 0 aliphatic heterocycles. The van der Waals surface area contributed by atoms with Crippen LogP contribution in [0.1, 0.15) is 24.1 Å². The second-order valence-electron chi connectivity index (χ2n) is 4.55. The van der Waals surface area contributed by atoms with E-state index in [0.717, 1.165) is 11.6 Å². The van der Waals surface area contributed by atoms with Crippen molar-refractivity contribution in [3.05, 3.63) is 59.2 Å². The zero-order valence-electron chi connectivity index (χ0n) is 10.7. The fraction of sp³-hybridized carbons (Fsp3) is 0.200. The van der Waals surface area contributed by atoms with Crippen molar-refractivity contribution in [2.24, 2.45) is 0 Å². The van der Waals surface area contributed by atoms with Crippen LogP contribution in [0.5, 0.6) is 5.75 Å². The minimum absolute atomic E-state index is 0.146. The maximum Gasteiger partial charge on any atom is 0.146 e. The molecule has 0 saturated carbocycles. The minimum Gasteiger partial charge on any atom is -0.507 e. The van der Waals surface area contributed by atoms with Crippen LogP contribution in [0, 0.1) is 18.6 Å². The third kappa shape index (κ3) is 3.02. The first kappa shape index (κ1) is 13.3. The molecule has 0 aliphatic carbocycles. The lowest BCUT2D eigenvalue weighted by Gasteiger charge is -2.17. The van der Waals surface area contributed by atoms with E-state index in [2.05, 4.69) is 5.32 Å². The highest BCUT2D eigenvalue weighted by molar-refractivity contribution is 5.49.